The van der Waals surface area contributed by atoms with Crippen molar-refractivity contribution in [3.63, 3.8) is 0 Å². The molecule has 1 aliphatic rings. The first kappa shape index (κ1) is 18.4. The number of hydrogen-bond acceptors (Lipinski definition) is 7. The van der Waals surface area contributed by atoms with Gasteiger partial charge in [-0.2, -0.15) is 5.10 Å². The predicted octanol–water partition coefficient (Wildman–Crippen LogP) is 1.32. The Kier molecular flexibility index (Phi) is 4.97. The lowest BCUT2D eigenvalue weighted by Crippen LogP contribution is -2.44. The van der Waals surface area contributed by atoms with Gasteiger partial charge in [0.1, 0.15) is 12.0 Å². The summed E-state index contributed by atoms with van der Waals surface area (Å²) in [5, 5.41) is 15.3. The molecule has 0 saturated carbocycles. The van der Waals surface area contributed by atoms with E-state index in [2.05, 4.69) is 32.1 Å². The van der Waals surface area contributed by atoms with Crippen molar-refractivity contribution in [3.05, 3.63) is 60.7 Å². The maximum Gasteiger partial charge on any atom is 0.181 e. The number of nitrogens with two attached hydrogens (primary N) is 1. The van der Waals surface area contributed by atoms with Crippen LogP contribution < -0.4 is 10.6 Å². The molecule has 3 N–H and O–H groups in total. The minimum atomic E-state index is -0.813. The third kappa shape index (κ3) is 3.83. The van der Waals surface area contributed by atoms with Gasteiger partial charge in [0.2, 0.25) is 0 Å². The maximum atomic E-state index is 11.1. The van der Waals surface area contributed by atoms with Gasteiger partial charge < -0.3 is 15.7 Å². The van der Waals surface area contributed by atoms with Gasteiger partial charge >= 0.3 is 0 Å². The summed E-state index contributed by atoms with van der Waals surface area (Å²) in [6.07, 6.45) is 5.64. The highest BCUT2D eigenvalue weighted by Gasteiger charge is 2.37. The van der Waals surface area contributed by atoms with Crippen LogP contribution in [-0.2, 0) is 6.54 Å². The largest absolute Gasteiger partial charge is 0.393 e. The zero-order valence-electron chi connectivity index (χ0n) is 15.9. The first-order chi connectivity index (χ1) is 13.5. The molecule has 0 amide bonds. The molecule has 4 rings (SSSR count). The summed E-state index contributed by atoms with van der Waals surface area (Å²) in [5.41, 5.74) is 7.18. The van der Waals surface area contributed by atoms with Gasteiger partial charge in [-0.15, -0.1) is 0 Å². The van der Waals surface area contributed by atoms with Crippen LogP contribution in [0.15, 0.2) is 55.1 Å². The molecule has 28 heavy (non-hydrogen) atoms. The Hall–Kier alpha value is -2.97. The number of β-amino-alcohol motifs (C(OH)–C–C–N with tert-alkyl or cyclic N) is 1. The third-order valence-electron chi connectivity index (χ3n) is 5.12. The lowest BCUT2D eigenvalue weighted by Gasteiger charge is -2.30. The molecule has 0 bridgehead atoms. The molecule has 3 aromatic rings. The molecule has 0 spiro atoms. The number of nitrogens with zero attached hydrogens (tertiary/aromatic N) is 6. The Morgan fingerprint density at radius 3 is 2.79 bits per heavy atom. The van der Waals surface area contributed by atoms with E-state index in [1.54, 1.807) is 17.1 Å². The number of anilines is 2. The van der Waals surface area contributed by atoms with Gasteiger partial charge in [0.05, 0.1) is 5.60 Å². The van der Waals surface area contributed by atoms with Crippen LogP contribution in [0.5, 0.6) is 0 Å². The molecule has 1 fully saturated rings. The molecule has 0 aliphatic carbocycles. The van der Waals surface area contributed by atoms with E-state index in [0.717, 1.165) is 13.1 Å². The lowest BCUT2D eigenvalue weighted by atomic mass is 10.0. The second-order valence-electron chi connectivity index (χ2n) is 7.41. The van der Waals surface area contributed by atoms with Crippen molar-refractivity contribution in [2.45, 2.75) is 18.6 Å². The monoisotopic (exact) mass is 379 g/mol. The van der Waals surface area contributed by atoms with Gasteiger partial charge in [-0.05, 0) is 18.1 Å². The van der Waals surface area contributed by atoms with Gasteiger partial charge in [-0.25, -0.2) is 14.6 Å². The van der Waals surface area contributed by atoms with Crippen molar-refractivity contribution in [2.75, 3.05) is 37.3 Å². The smallest absolute Gasteiger partial charge is 0.181 e. The van der Waals surface area contributed by atoms with Crippen molar-refractivity contribution in [3.8, 4) is 5.82 Å². The lowest BCUT2D eigenvalue weighted by molar-refractivity contribution is 0.0561. The summed E-state index contributed by atoms with van der Waals surface area (Å²) in [4.78, 5) is 12.7. The van der Waals surface area contributed by atoms with E-state index >= 15 is 0 Å². The topological polar surface area (TPSA) is 96.3 Å². The summed E-state index contributed by atoms with van der Waals surface area (Å²) in [7, 11) is 1.89. The number of rotatable bonds is 6. The fourth-order valence-electron chi connectivity index (χ4n) is 3.82. The Morgan fingerprint density at radius 1 is 1.21 bits per heavy atom. The summed E-state index contributed by atoms with van der Waals surface area (Å²) in [5.74, 6) is 1.13. The number of likely N-dealkylation sites (tertiary alicyclic amines) is 1. The fourth-order valence-corrected chi connectivity index (χ4v) is 3.82. The molecule has 8 nitrogen and oxygen atoms in total. The highest BCUT2D eigenvalue weighted by Crippen LogP contribution is 2.28. The quantitative estimate of drug-likeness (QED) is 0.667. The normalized spacial score (nSPS) is 19.8. The second kappa shape index (κ2) is 7.57. The van der Waals surface area contributed by atoms with E-state index in [1.165, 1.54) is 11.9 Å². The molecule has 1 unspecified atom stereocenters. The number of benzene rings is 1. The zero-order chi connectivity index (χ0) is 19.6. The van der Waals surface area contributed by atoms with E-state index in [1.807, 2.05) is 36.2 Å². The first-order valence-corrected chi connectivity index (χ1v) is 9.34. The van der Waals surface area contributed by atoms with Gasteiger partial charge in [-0.3, -0.25) is 4.90 Å². The van der Waals surface area contributed by atoms with Gasteiger partial charge in [-0.1, -0.05) is 30.3 Å². The Morgan fingerprint density at radius 2 is 2.04 bits per heavy atom. The molecule has 0 radical (unpaired) electrons. The van der Waals surface area contributed by atoms with Crippen molar-refractivity contribution >= 4 is 11.5 Å². The number of aliphatic hydroxyl groups is 1. The highest BCUT2D eigenvalue weighted by atomic mass is 16.3. The first-order valence-electron chi connectivity index (χ1n) is 9.34. The molecule has 8 heteroatoms. The Balaban J connectivity index is 1.45. The van der Waals surface area contributed by atoms with Crippen molar-refractivity contribution < 1.29 is 5.11 Å². The van der Waals surface area contributed by atoms with Crippen molar-refractivity contribution in [1.82, 2.24) is 24.6 Å². The molecule has 1 atom stereocenters. The fraction of sp³-hybridized carbons (Fsp3) is 0.350. The van der Waals surface area contributed by atoms with Crippen LogP contribution >= 0.6 is 0 Å². The van der Waals surface area contributed by atoms with Crippen LogP contribution in [0.2, 0.25) is 0 Å². The summed E-state index contributed by atoms with van der Waals surface area (Å²) in [6.45, 7) is 2.75. The SMILES string of the molecule is CN(CC1(O)CCN(Cc2ccccc2)C1)c1ncnc(-n2cccn2)c1N. The number of nitrogen functional groups attached to an aromatic ring is 1. The highest BCUT2D eigenvalue weighted by molar-refractivity contribution is 5.69. The van der Waals surface area contributed by atoms with Gasteiger partial charge in [0.15, 0.2) is 11.6 Å². The zero-order valence-corrected chi connectivity index (χ0v) is 15.9. The van der Waals surface area contributed by atoms with Crippen molar-refractivity contribution in [2.24, 2.45) is 0 Å². The van der Waals surface area contributed by atoms with E-state index < -0.39 is 5.60 Å². The molecule has 146 valence electrons. The second-order valence-corrected chi connectivity index (χ2v) is 7.41. The van der Waals surface area contributed by atoms with Gasteiger partial charge in [0, 0.05) is 45.6 Å². The third-order valence-corrected chi connectivity index (χ3v) is 5.12. The van der Waals surface area contributed by atoms with Crippen molar-refractivity contribution in [1.29, 1.82) is 0 Å². The standard InChI is InChI=1S/C20H25N7O/c1-25(18-17(21)19(23-15-22-18)27-10-5-9-24-27)13-20(28)8-11-26(14-20)12-16-6-3-2-4-7-16/h2-7,9-10,15,28H,8,11-14,21H2,1H3. The maximum absolute atomic E-state index is 11.1. The molecule has 3 heterocycles. The Labute approximate surface area is 164 Å². The van der Waals surface area contributed by atoms with E-state index in [-0.39, 0.29) is 0 Å². The predicted molar refractivity (Wildman–Crippen MR) is 108 cm³/mol. The molecule has 1 aliphatic heterocycles. The van der Waals surface area contributed by atoms with Crippen LogP contribution in [0, 0.1) is 0 Å². The van der Waals surface area contributed by atoms with E-state index in [9.17, 15) is 5.11 Å². The van der Waals surface area contributed by atoms with Crippen LogP contribution in [0.3, 0.4) is 0 Å². The van der Waals surface area contributed by atoms with E-state index in [0.29, 0.717) is 36.8 Å². The number of aromatic nitrogens is 4. The summed E-state index contributed by atoms with van der Waals surface area (Å²) >= 11 is 0. The molecular formula is C20H25N7O. The van der Waals surface area contributed by atoms with Crippen LogP contribution in [0.25, 0.3) is 5.82 Å². The number of hydrogen-bond donors (Lipinski definition) is 2. The number of likely N-dealkylation sites (N-methyl/N-ethyl adjacent to an activating group) is 1. The minimum absolute atomic E-state index is 0.441. The minimum Gasteiger partial charge on any atom is -0.393 e. The summed E-state index contributed by atoms with van der Waals surface area (Å²) in [6, 6.07) is 12.1. The summed E-state index contributed by atoms with van der Waals surface area (Å²) < 4.78 is 1.61. The molecule has 2 aromatic heterocycles. The average Bonchev–Trinajstić information content (AvgIpc) is 3.33. The average molecular weight is 379 g/mol. The Bertz CT molecular complexity index is 916. The van der Waals surface area contributed by atoms with Crippen LogP contribution in [0.4, 0.5) is 11.5 Å². The van der Waals surface area contributed by atoms with Crippen LogP contribution in [-0.4, -0.2) is 62.0 Å². The molecular weight excluding hydrogens is 354 g/mol. The van der Waals surface area contributed by atoms with E-state index in [4.69, 9.17) is 5.73 Å². The molecule has 1 aromatic carbocycles. The molecule has 1 saturated heterocycles. The van der Waals surface area contributed by atoms with Crippen LogP contribution in [0.1, 0.15) is 12.0 Å². The van der Waals surface area contributed by atoms with Gasteiger partial charge in [0.25, 0.3) is 0 Å².